The Morgan fingerprint density at radius 1 is 1.35 bits per heavy atom. The van der Waals surface area contributed by atoms with Crippen molar-refractivity contribution in [2.45, 2.75) is 65.3 Å². The Balaban J connectivity index is 2.30. The molecule has 0 aromatic carbocycles. The average Bonchev–Trinajstić information content (AvgIpc) is 2.91. The second-order valence-corrected chi connectivity index (χ2v) is 7.15. The van der Waals surface area contributed by atoms with E-state index in [-0.39, 0.29) is 12.1 Å². The van der Waals surface area contributed by atoms with Gasteiger partial charge in [-0.25, -0.2) is 0 Å². The maximum Gasteiger partial charge on any atom is 0.305 e. The number of carbonyl (C=O) groups excluding carboxylic acids is 1. The first-order chi connectivity index (χ1) is 10.8. The van der Waals surface area contributed by atoms with E-state index in [1.807, 2.05) is 14.1 Å². The zero-order valence-electron chi connectivity index (χ0n) is 15.8. The Kier molecular flexibility index (Phi) is 8.51. The molecule has 5 nitrogen and oxygen atoms in total. The number of hydrogen-bond donors (Lipinski definition) is 0. The van der Waals surface area contributed by atoms with Gasteiger partial charge in [-0.2, -0.15) is 0 Å². The van der Waals surface area contributed by atoms with E-state index < -0.39 is 5.79 Å². The fourth-order valence-electron chi connectivity index (χ4n) is 3.02. The van der Waals surface area contributed by atoms with E-state index in [0.29, 0.717) is 37.9 Å². The van der Waals surface area contributed by atoms with Crippen LogP contribution >= 0.6 is 0 Å². The van der Waals surface area contributed by atoms with Gasteiger partial charge in [0.1, 0.15) is 0 Å². The minimum absolute atomic E-state index is 0.0148. The largest absolute Gasteiger partial charge is 0.466 e. The van der Waals surface area contributed by atoms with E-state index in [2.05, 4.69) is 32.6 Å². The van der Waals surface area contributed by atoms with Crippen molar-refractivity contribution in [2.75, 3.05) is 33.9 Å². The third-order valence-corrected chi connectivity index (χ3v) is 4.64. The fourth-order valence-corrected chi connectivity index (χ4v) is 3.02. The van der Waals surface area contributed by atoms with Gasteiger partial charge in [-0.15, -0.1) is 0 Å². The Labute approximate surface area is 141 Å². The van der Waals surface area contributed by atoms with Gasteiger partial charge in [0, 0.05) is 24.7 Å². The highest BCUT2D eigenvalue weighted by Crippen LogP contribution is 2.39. The average molecular weight is 329 g/mol. The lowest BCUT2D eigenvalue weighted by molar-refractivity contribution is -0.230. The minimum atomic E-state index is -0.491. The highest BCUT2D eigenvalue weighted by atomic mass is 16.7. The third-order valence-electron chi connectivity index (χ3n) is 4.64. The standard InChI is InChI=1S/C18H35NO4/c1-7-15(4)18(14(2)3)22-13-16(23-18)10-12-21-17(20)9-8-11-19(5)6/h14-16H,7-13H2,1-6H3. The Morgan fingerprint density at radius 3 is 2.61 bits per heavy atom. The third kappa shape index (κ3) is 6.05. The molecule has 3 atom stereocenters. The molecule has 0 N–H and O–H groups in total. The number of rotatable bonds is 10. The van der Waals surface area contributed by atoms with Crippen LogP contribution in [-0.4, -0.2) is 56.6 Å². The van der Waals surface area contributed by atoms with Crippen LogP contribution in [0.2, 0.25) is 0 Å². The molecule has 0 spiro atoms. The Bertz CT molecular complexity index is 359. The molecule has 0 aliphatic carbocycles. The number of ether oxygens (including phenoxy) is 3. The summed E-state index contributed by atoms with van der Waals surface area (Å²) in [6.45, 7) is 10.5. The van der Waals surface area contributed by atoms with E-state index in [0.717, 1.165) is 19.4 Å². The smallest absolute Gasteiger partial charge is 0.305 e. The van der Waals surface area contributed by atoms with Crippen LogP contribution < -0.4 is 0 Å². The molecule has 0 saturated carbocycles. The second-order valence-electron chi connectivity index (χ2n) is 7.15. The van der Waals surface area contributed by atoms with Crippen LogP contribution in [0.5, 0.6) is 0 Å². The van der Waals surface area contributed by atoms with Gasteiger partial charge in [0.15, 0.2) is 5.79 Å². The van der Waals surface area contributed by atoms with Gasteiger partial charge in [-0.3, -0.25) is 4.79 Å². The molecular weight excluding hydrogens is 294 g/mol. The first-order valence-electron chi connectivity index (χ1n) is 8.94. The van der Waals surface area contributed by atoms with Gasteiger partial charge >= 0.3 is 5.97 Å². The summed E-state index contributed by atoms with van der Waals surface area (Å²) in [4.78, 5) is 13.7. The summed E-state index contributed by atoms with van der Waals surface area (Å²) in [6, 6.07) is 0. The maximum atomic E-state index is 11.7. The molecule has 1 heterocycles. The molecule has 1 saturated heterocycles. The van der Waals surface area contributed by atoms with Crippen molar-refractivity contribution in [1.82, 2.24) is 4.90 Å². The van der Waals surface area contributed by atoms with Crippen molar-refractivity contribution >= 4 is 5.97 Å². The fraction of sp³-hybridized carbons (Fsp3) is 0.944. The predicted molar refractivity (Wildman–Crippen MR) is 91.2 cm³/mol. The van der Waals surface area contributed by atoms with Crippen molar-refractivity contribution in [3.8, 4) is 0 Å². The quantitative estimate of drug-likeness (QED) is 0.577. The van der Waals surface area contributed by atoms with Gasteiger partial charge in [0.25, 0.3) is 0 Å². The highest BCUT2D eigenvalue weighted by molar-refractivity contribution is 5.69. The minimum Gasteiger partial charge on any atom is -0.466 e. The number of hydrogen-bond acceptors (Lipinski definition) is 5. The second kappa shape index (κ2) is 9.60. The summed E-state index contributed by atoms with van der Waals surface area (Å²) < 4.78 is 17.6. The molecule has 1 rings (SSSR count). The van der Waals surface area contributed by atoms with Crippen LogP contribution in [0.3, 0.4) is 0 Å². The van der Waals surface area contributed by atoms with Crippen LogP contribution in [0.15, 0.2) is 0 Å². The van der Waals surface area contributed by atoms with Gasteiger partial charge in [-0.1, -0.05) is 27.7 Å². The molecule has 3 unspecified atom stereocenters. The summed E-state index contributed by atoms with van der Waals surface area (Å²) in [5.74, 6) is 0.0368. The van der Waals surface area contributed by atoms with Crippen LogP contribution in [0.25, 0.3) is 0 Å². The molecule has 0 aromatic rings. The molecule has 0 bridgehead atoms. The van der Waals surface area contributed by atoms with E-state index >= 15 is 0 Å². The Morgan fingerprint density at radius 2 is 2.04 bits per heavy atom. The monoisotopic (exact) mass is 329 g/mol. The van der Waals surface area contributed by atoms with E-state index in [1.165, 1.54) is 0 Å². The summed E-state index contributed by atoms with van der Waals surface area (Å²) in [5, 5.41) is 0. The van der Waals surface area contributed by atoms with Crippen molar-refractivity contribution in [2.24, 2.45) is 11.8 Å². The lowest BCUT2D eigenvalue weighted by Crippen LogP contribution is -2.43. The number of carbonyl (C=O) groups is 1. The van der Waals surface area contributed by atoms with Crippen molar-refractivity contribution < 1.29 is 19.0 Å². The first-order valence-corrected chi connectivity index (χ1v) is 8.94. The van der Waals surface area contributed by atoms with E-state index in [9.17, 15) is 4.79 Å². The van der Waals surface area contributed by atoms with Crippen molar-refractivity contribution in [3.05, 3.63) is 0 Å². The zero-order chi connectivity index (χ0) is 17.5. The lowest BCUT2D eigenvalue weighted by Gasteiger charge is -2.37. The topological polar surface area (TPSA) is 48.0 Å². The number of nitrogens with zero attached hydrogens (tertiary/aromatic N) is 1. The highest BCUT2D eigenvalue weighted by Gasteiger charge is 2.47. The molecule has 136 valence electrons. The van der Waals surface area contributed by atoms with Crippen molar-refractivity contribution in [3.63, 3.8) is 0 Å². The van der Waals surface area contributed by atoms with Gasteiger partial charge in [0.05, 0.1) is 19.3 Å². The molecule has 23 heavy (non-hydrogen) atoms. The van der Waals surface area contributed by atoms with Gasteiger partial charge < -0.3 is 19.1 Å². The molecular formula is C18H35NO4. The molecule has 0 aromatic heterocycles. The maximum absolute atomic E-state index is 11.7. The molecule has 1 aliphatic rings. The normalized spacial score (nSPS) is 26.0. The summed E-state index contributed by atoms with van der Waals surface area (Å²) >= 11 is 0. The van der Waals surface area contributed by atoms with Crippen molar-refractivity contribution in [1.29, 1.82) is 0 Å². The van der Waals surface area contributed by atoms with Gasteiger partial charge in [-0.05, 0) is 33.5 Å². The van der Waals surface area contributed by atoms with Crippen LogP contribution in [0.1, 0.15) is 53.4 Å². The van der Waals surface area contributed by atoms with Gasteiger partial charge in [0.2, 0.25) is 0 Å². The summed E-state index contributed by atoms with van der Waals surface area (Å²) in [6.07, 6.45) is 3.04. The first kappa shape index (κ1) is 20.4. The zero-order valence-corrected chi connectivity index (χ0v) is 15.8. The van der Waals surface area contributed by atoms with Crippen LogP contribution in [0, 0.1) is 11.8 Å². The molecule has 1 aliphatic heterocycles. The van der Waals surface area contributed by atoms with E-state index in [4.69, 9.17) is 14.2 Å². The summed E-state index contributed by atoms with van der Waals surface area (Å²) in [7, 11) is 4.00. The van der Waals surface area contributed by atoms with Crippen LogP contribution in [-0.2, 0) is 19.0 Å². The SMILES string of the molecule is CCC(C)C1(C(C)C)OCC(CCOC(=O)CCCN(C)C)O1. The number of esters is 1. The molecule has 0 radical (unpaired) electrons. The Hall–Kier alpha value is -0.650. The molecule has 5 heteroatoms. The lowest BCUT2D eigenvalue weighted by atomic mass is 9.88. The predicted octanol–water partition coefficient (Wildman–Crippen LogP) is 3.08. The van der Waals surface area contributed by atoms with Crippen LogP contribution in [0.4, 0.5) is 0 Å². The van der Waals surface area contributed by atoms with E-state index in [1.54, 1.807) is 0 Å². The summed E-state index contributed by atoms with van der Waals surface area (Å²) in [5.41, 5.74) is 0. The molecule has 1 fully saturated rings. The molecule has 0 amide bonds.